The van der Waals surface area contributed by atoms with Crippen LogP contribution in [0.2, 0.25) is 5.02 Å². The fourth-order valence-corrected chi connectivity index (χ4v) is 2.86. The van der Waals surface area contributed by atoms with Crippen molar-refractivity contribution in [2.45, 2.75) is 25.9 Å². The van der Waals surface area contributed by atoms with Crippen molar-refractivity contribution < 1.29 is 9.53 Å². The minimum atomic E-state index is -0.115. The largest absolute Gasteiger partial charge is 0.369 e. The number of rotatable bonds is 5. The van der Waals surface area contributed by atoms with Gasteiger partial charge in [-0.1, -0.05) is 24.6 Å². The zero-order chi connectivity index (χ0) is 16.2. The van der Waals surface area contributed by atoms with Crippen molar-refractivity contribution in [2.75, 3.05) is 19.7 Å². The Kier molecular flexibility index (Phi) is 5.05. The molecule has 2 aromatic rings. The van der Waals surface area contributed by atoms with Crippen LogP contribution in [-0.4, -0.2) is 40.7 Å². The van der Waals surface area contributed by atoms with E-state index < -0.39 is 0 Å². The summed E-state index contributed by atoms with van der Waals surface area (Å²) in [5.41, 5.74) is 2.79. The SMILES string of the molecule is CCc1[nH]nc(C(=O)Cc2ccc([C@H]3CNCCO3)nc2)c1Cl. The highest BCUT2D eigenvalue weighted by Gasteiger charge is 2.19. The first-order chi connectivity index (χ1) is 11.2. The summed E-state index contributed by atoms with van der Waals surface area (Å²) in [6.07, 6.45) is 2.63. The summed E-state index contributed by atoms with van der Waals surface area (Å²) >= 11 is 6.16. The maximum absolute atomic E-state index is 12.3. The molecule has 0 radical (unpaired) electrons. The lowest BCUT2D eigenvalue weighted by molar-refractivity contribution is 0.0250. The van der Waals surface area contributed by atoms with Crippen molar-refractivity contribution >= 4 is 17.4 Å². The summed E-state index contributed by atoms with van der Waals surface area (Å²) in [6.45, 7) is 4.27. The molecule has 0 bridgehead atoms. The minimum Gasteiger partial charge on any atom is -0.369 e. The van der Waals surface area contributed by atoms with Gasteiger partial charge in [0.2, 0.25) is 0 Å². The van der Waals surface area contributed by atoms with E-state index in [-0.39, 0.29) is 18.3 Å². The van der Waals surface area contributed by atoms with E-state index in [9.17, 15) is 4.79 Å². The number of morpholine rings is 1. The van der Waals surface area contributed by atoms with Crippen LogP contribution in [-0.2, 0) is 17.6 Å². The highest BCUT2D eigenvalue weighted by molar-refractivity contribution is 6.34. The van der Waals surface area contributed by atoms with E-state index in [0.29, 0.717) is 23.7 Å². The molecule has 1 saturated heterocycles. The molecule has 0 spiro atoms. The summed E-state index contributed by atoms with van der Waals surface area (Å²) in [7, 11) is 0. The second-order valence-electron chi connectivity index (χ2n) is 5.47. The smallest absolute Gasteiger partial charge is 0.189 e. The van der Waals surface area contributed by atoms with Gasteiger partial charge in [0.25, 0.3) is 0 Å². The highest BCUT2D eigenvalue weighted by atomic mass is 35.5. The molecule has 122 valence electrons. The Morgan fingerprint density at radius 2 is 2.35 bits per heavy atom. The van der Waals surface area contributed by atoms with Gasteiger partial charge in [-0.3, -0.25) is 14.9 Å². The van der Waals surface area contributed by atoms with E-state index >= 15 is 0 Å². The molecule has 23 heavy (non-hydrogen) atoms. The lowest BCUT2D eigenvalue weighted by atomic mass is 10.1. The number of Topliss-reactive ketones (excluding diaryl/α,β-unsaturated/α-hetero) is 1. The second kappa shape index (κ2) is 7.21. The van der Waals surface area contributed by atoms with Crippen LogP contribution in [0, 0.1) is 0 Å². The minimum absolute atomic E-state index is 0.0265. The van der Waals surface area contributed by atoms with Gasteiger partial charge >= 0.3 is 0 Å². The van der Waals surface area contributed by atoms with Crippen LogP contribution in [0.4, 0.5) is 0 Å². The molecule has 0 unspecified atom stereocenters. The van der Waals surface area contributed by atoms with E-state index in [1.165, 1.54) is 0 Å². The van der Waals surface area contributed by atoms with Gasteiger partial charge < -0.3 is 10.1 Å². The van der Waals surface area contributed by atoms with Crippen LogP contribution in [0.1, 0.15) is 40.5 Å². The molecule has 2 N–H and O–H groups in total. The van der Waals surface area contributed by atoms with Crippen molar-refractivity contribution in [3.05, 3.63) is 46.0 Å². The standard InChI is InChI=1S/C16H19ClN4O2/c1-2-11-15(17)16(21-20-11)13(22)7-10-3-4-12(19-8-10)14-9-18-5-6-23-14/h3-4,8,14,18H,2,5-7,9H2,1H3,(H,20,21)/t14-/m1/s1. The highest BCUT2D eigenvalue weighted by Crippen LogP contribution is 2.21. The van der Waals surface area contributed by atoms with E-state index in [0.717, 1.165) is 30.0 Å². The summed E-state index contributed by atoms with van der Waals surface area (Å²) in [5.74, 6) is -0.115. The Bertz CT molecular complexity index is 678. The first-order valence-corrected chi connectivity index (χ1v) is 8.10. The number of hydrogen-bond acceptors (Lipinski definition) is 5. The van der Waals surface area contributed by atoms with Crippen LogP contribution in [0.3, 0.4) is 0 Å². The Morgan fingerprint density at radius 3 is 2.96 bits per heavy atom. The van der Waals surface area contributed by atoms with Crippen molar-refractivity contribution in [2.24, 2.45) is 0 Å². The topological polar surface area (TPSA) is 79.9 Å². The van der Waals surface area contributed by atoms with Gasteiger partial charge in [0.05, 0.1) is 23.0 Å². The number of aromatic nitrogens is 3. The Labute approximate surface area is 139 Å². The molecule has 0 amide bonds. The molecule has 6 nitrogen and oxygen atoms in total. The van der Waals surface area contributed by atoms with E-state index in [2.05, 4.69) is 20.5 Å². The summed E-state index contributed by atoms with van der Waals surface area (Å²) in [6, 6.07) is 3.81. The van der Waals surface area contributed by atoms with Crippen LogP contribution in [0.25, 0.3) is 0 Å². The number of aromatic amines is 1. The molecule has 2 aromatic heterocycles. The molecule has 3 rings (SSSR count). The van der Waals surface area contributed by atoms with Gasteiger partial charge in [0, 0.05) is 25.7 Å². The van der Waals surface area contributed by atoms with Crippen molar-refractivity contribution in [3.63, 3.8) is 0 Å². The lowest BCUT2D eigenvalue weighted by Gasteiger charge is -2.23. The van der Waals surface area contributed by atoms with Gasteiger partial charge in [-0.25, -0.2) is 0 Å². The molecule has 1 fully saturated rings. The summed E-state index contributed by atoms with van der Waals surface area (Å²) in [4.78, 5) is 16.7. The Morgan fingerprint density at radius 1 is 1.48 bits per heavy atom. The third-order valence-corrected chi connectivity index (χ3v) is 4.27. The van der Waals surface area contributed by atoms with Gasteiger partial charge in [-0.15, -0.1) is 0 Å². The van der Waals surface area contributed by atoms with Crippen molar-refractivity contribution in [3.8, 4) is 0 Å². The number of nitrogens with one attached hydrogen (secondary N) is 2. The number of hydrogen-bond donors (Lipinski definition) is 2. The number of carbonyl (C=O) groups excluding carboxylic acids is 1. The van der Waals surface area contributed by atoms with Crippen LogP contribution < -0.4 is 5.32 Å². The van der Waals surface area contributed by atoms with Crippen molar-refractivity contribution in [1.82, 2.24) is 20.5 Å². The van der Waals surface area contributed by atoms with Gasteiger partial charge in [-0.2, -0.15) is 5.10 Å². The van der Waals surface area contributed by atoms with Crippen LogP contribution in [0.5, 0.6) is 0 Å². The quantitative estimate of drug-likeness (QED) is 0.819. The fourth-order valence-electron chi connectivity index (χ4n) is 2.54. The normalized spacial score (nSPS) is 18.1. The number of H-pyrrole nitrogens is 1. The second-order valence-corrected chi connectivity index (χ2v) is 5.85. The number of ketones is 1. The molecule has 1 aliphatic rings. The predicted molar refractivity (Wildman–Crippen MR) is 86.8 cm³/mol. The third-order valence-electron chi connectivity index (χ3n) is 3.86. The van der Waals surface area contributed by atoms with Crippen LogP contribution in [0.15, 0.2) is 18.3 Å². The van der Waals surface area contributed by atoms with Crippen molar-refractivity contribution in [1.29, 1.82) is 0 Å². The average molecular weight is 335 g/mol. The zero-order valence-corrected chi connectivity index (χ0v) is 13.7. The fraction of sp³-hybridized carbons (Fsp3) is 0.438. The number of halogens is 1. The van der Waals surface area contributed by atoms with E-state index in [4.69, 9.17) is 16.3 Å². The molecule has 0 saturated carbocycles. The van der Waals surface area contributed by atoms with Crippen LogP contribution >= 0.6 is 11.6 Å². The molecule has 7 heteroatoms. The maximum atomic E-state index is 12.3. The number of nitrogens with zero attached hydrogens (tertiary/aromatic N) is 2. The first kappa shape index (κ1) is 16.1. The van der Waals surface area contributed by atoms with E-state index in [1.54, 1.807) is 6.20 Å². The average Bonchev–Trinajstić information content (AvgIpc) is 2.97. The molecule has 1 atom stereocenters. The molecule has 0 aromatic carbocycles. The lowest BCUT2D eigenvalue weighted by Crippen LogP contribution is -2.33. The molecule has 3 heterocycles. The van der Waals surface area contributed by atoms with Gasteiger partial charge in [0.1, 0.15) is 11.8 Å². The molecular weight excluding hydrogens is 316 g/mol. The summed E-state index contributed by atoms with van der Waals surface area (Å²) < 4.78 is 5.66. The molecule has 1 aliphatic heterocycles. The zero-order valence-electron chi connectivity index (χ0n) is 12.9. The molecular formula is C16H19ClN4O2. The number of carbonyl (C=O) groups is 1. The van der Waals surface area contributed by atoms with Gasteiger partial charge in [0.15, 0.2) is 5.78 Å². The number of pyridine rings is 1. The van der Waals surface area contributed by atoms with Gasteiger partial charge in [-0.05, 0) is 18.1 Å². The third kappa shape index (κ3) is 3.60. The monoisotopic (exact) mass is 334 g/mol. The number of aryl methyl sites for hydroxylation is 1. The Balaban J connectivity index is 1.67. The molecule has 0 aliphatic carbocycles. The first-order valence-electron chi connectivity index (χ1n) is 7.72. The van der Waals surface area contributed by atoms with E-state index in [1.807, 2.05) is 19.1 Å². The predicted octanol–water partition coefficient (Wildman–Crippen LogP) is 2.11. The summed E-state index contributed by atoms with van der Waals surface area (Å²) in [5, 5.41) is 10.5. The number of ether oxygens (including phenoxy) is 1. The Hall–Kier alpha value is -1.76. The maximum Gasteiger partial charge on any atom is 0.189 e.